The number of hydrogen-bond acceptors (Lipinski definition) is 4. The predicted octanol–water partition coefficient (Wildman–Crippen LogP) is 2.09. The van der Waals surface area contributed by atoms with Crippen LogP contribution in [0.5, 0.6) is 0 Å². The summed E-state index contributed by atoms with van der Waals surface area (Å²) in [5.74, 6) is -0.484. The Balaban J connectivity index is 1.38. The van der Waals surface area contributed by atoms with Gasteiger partial charge < -0.3 is 0 Å². The molecule has 1 N–H and O–H groups in total. The molecule has 1 amide bonds. The van der Waals surface area contributed by atoms with Crippen molar-refractivity contribution in [3.63, 3.8) is 0 Å². The Hall–Kier alpha value is -2.57. The molecular formula is C20H23FN4O. The molecule has 0 bridgehead atoms. The Morgan fingerprint density at radius 1 is 1.04 bits per heavy atom. The zero-order valence-electron chi connectivity index (χ0n) is 14.6. The molecule has 1 aliphatic heterocycles. The van der Waals surface area contributed by atoms with E-state index in [2.05, 4.69) is 44.6 Å². The third-order valence-electron chi connectivity index (χ3n) is 4.33. The molecule has 0 aromatic heterocycles. The van der Waals surface area contributed by atoms with Crippen LogP contribution in [0.1, 0.15) is 11.1 Å². The summed E-state index contributed by atoms with van der Waals surface area (Å²) in [5, 5.41) is 3.89. The second-order valence-electron chi connectivity index (χ2n) is 6.39. The first-order chi connectivity index (χ1) is 12.7. The number of hydrazone groups is 1. The number of nitrogens with one attached hydrogen (secondary N) is 1. The molecule has 1 saturated heterocycles. The van der Waals surface area contributed by atoms with E-state index in [0.717, 1.165) is 32.7 Å². The fourth-order valence-corrected chi connectivity index (χ4v) is 2.95. The number of hydrogen-bond donors (Lipinski definition) is 1. The van der Waals surface area contributed by atoms with Crippen molar-refractivity contribution < 1.29 is 9.18 Å². The average Bonchev–Trinajstić information content (AvgIpc) is 2.64. The van der Waals surface area contributed by atoms with E-state index in [4.69, 9.17) is 0 Å². The Kier molecular flexibility index (Phi) is 6.46. The summed E-state index contributed by atoms with van der Waals surface area (Å²) in [6, 6.07) is 16.5. The van der Waals surface area contributed by atoms with Gasteiger partial charge in [0.05, 0.1) is 12.8 Å². The fourth-order valence-electron chi connectivity index (χ4n) is 2.95. The molecule has 0 unspecified atom stereocenters. The van der Waals surface area contributed by atoms with E-state index in [-0.39, 0.29) is 11.7 Å². The lowest BCUT2D eigenvalue weighted by Gasteiger charge is -2.34. The van der Waals surface area contributed by atoms with Crippen molar-refractivity contribution in [2.75, 3.05) is 32.7 Å². The summed E-state index contributed by atoms with van der Waals surface area (Å²) in [5.41, 5.74) is 4.42. The second kappa shape index (κ2) is 9.22. The van der Waals surface area contributed by atoms with Gasteiger partial charge in [-0.1, -0.05) is 42.5 Å². The molecule has 0 radical (unpaired) electrons. The molecular weight excluding hydrogens is 331 g/mol. The van der Waals surface area contributed by atoms with Gasteiger partial charge >= 0.3 is 0 Å². The molecule has 2 aromatic rings. The molecule has 136 valence electrons. The van der Waals surface area contributed by atoms with Crippen LogP contribution >= 0.6 is 0 Å². The molecule has 1 heterocycles. The molecule has 3 rings (SSSR count). The van der Waals surface area contributed by atoms with Crippen LogP contribution in [0, 0.1) is 5.82 Å². The van der Waals surface area contributed by atoms with Crippen molar-refractivity contribution >= 4 is 12.1 Å². The number of benzene rings is 2. The number of carbonyl (C=O) groups excluding carboxylic acids is 1. The molecule has 1 aliphatic rings. The highest BCUT2D eigenvalue weighted by atomic mass is 19.1. The molecule has 0 aliphatic carbocycles. The van der Waals surface area contributed by atoms with Gasteiger partial charge in [-0.3, -0.25) is 14.6 Å². The van der Waals surface area contributed by atoms with Crippen LogP contribution in [0.4, 0.5) is 4.39 Å². The Morgan fingerprint density at radius 2 is 1.77 bits per heavy atom. The van der Waals surface area contributed by atoms with Gasteiger partial charge in [-0.2, -0.15) is 5.10 Å². The highest BCUT2D eigenvalue weighted by Crippen LogP contribution is 2.08. The highest BCUT2D eigenvalue weighted by Gasteiger charge is 2.18. The van der Waals surface area contributed by atoms with Crippen molar-refractivity contribution in [3.05, 3.63) is 71.5 Å². The molecule has 0 atom stereocenters. The van der Waals surface area contributed by atoms with Gasteiger partial charge in [-0.15, -0.1) is 0 Å². The normalized spacial score (nSPS) is 16.0. The zero-order valence-corrected chi connectivity index (χ0v) is 14.6. The van der Waals surface area contributed by atoms with E-state index in [1.807, 2.05) is 6.07 Å². The maximum atomic E-state index is 13.1. The molecule has 0 spiro atoms. The lowest BCUT2D eigenvalue weighted by Crippen LogP contribution is -2.48. The van der Waals surface area contributed by atoms with E-state index in [9.17, 15) is 9.18 Å². The van der Waals surface area contributed by atoms with Crippen molar-refractivity contribution in [1.29, 1.82) is 0 Å². The molecule has 26 heavy (non-hydrogen) atoms. The number of nitrogens with zero attached hydrogens (tertiary/aromatic N) is 3. The molecule has 6 heteroatoms. The summed E-state index contributed by atoms with van der Waals surface area (Å²) in [6.45, 7) is 4.85. The second-order valence-corrected chi connectivity index (χ2v) is 6.39. The number of piperazine rings is 1. The number of carbonyl (C=O) groups is 1. The smallest absolute Gasteiger partial charge is 0.254 e. The lowest BCUT2D eigenvalue weighted by molar-refractivity contribution is -0.122. The maximum absolute atomic E-state index is 13.1. The van der Waals surface area contributed by atoms with Gasteiger partial charge in [-0.25, -0.2) is 9.82 Å². The number of rotatable bonds is 6. The summed E-state index contributed by atoms with van der Waals surface area (Å²) in [7, 11) is 0. The quantitative estimate of drug-likeness (QED) is 0.638. The molecule has 0 saturated carbocycles. The third kappa shape index (κ3) is 5.75. The van der Waals surface area contributed by atoms with E-state index < -0.39 is 0 Å². The molecule has 1 fully saturated rings. The summed E-state index contributed by atoms with van der Waals surface area (Å²) >= 11 is 0. The highest BCUT2D eigenvalue weighted by molar-refractivity contribution is 5.83. The Morgan fingerprint density at radius 3 is 2.50 bits per heavy atom. The molecule has 5 nitrogen and oxygen atoms in total. The lowest BCUT2D eigenvalue weighted by atomic mass is 10.2. The maximum Gasteiger partial charge on any atom is 0.254 e. The van der Waals surface area contributed by atoms with Crippen LogP contribution < -0.4 is 5.43 Å². The minimum atomic E-state index is -0.325. The first-order valence-electron chi connectivity index (χ1n) is 8.75. The minimum absolute atomic E-state index is 0.158. The van der Waals surface area contributed by atoms with E-state index in [1.54, 1.807) is 12.1 Å². The third-order valence-corrected chi connectivity index (χ3v) is 4.33. The summed E-state index contributed by atoms with van der Waals surface area (Å²) in [4.78, 5) is 16.5. The Labute approximate surface area is 153 Å². The van der Waals surface area contributed by atoms with Gasteiger partial charge in [0, 0.05) is 32.7 Å². The van der Waals surface area contributed by atoms with Gasteiger partial charge in [0.1, 0.15) is 5.82 Å². The Bertz CT molecular complexity index is 742. The van der Waals surface area contributed by atoms with Gasteiger partial charge in [-0.05, 0) is 23.3 Å². The fraction of sp³-hybridized carbons (Fsp3) is 0.300. The number of halogens is 1. The SMILES string of the molecule is O=C(CN1CCN(Cc2ccccc2)CC1)N/N=C\c1cccc(F)c1. The topological polar surface area (TPSA) is 47.9 Å². The predicted molar refractivity (Wildman–Crippen MR) is 100 cm³/mol. The van der Waals surface area contributed by atoms with Crippen LogP contribution in [0.25, 0.3) is 0 Å². The van der Waals surface area contributed by atoms with Crippen molar-refractivity contribution in [1.82, 2.24) is 15.2 Å². The van der Waals surface area contributed by atoms with Crippen molar-refractivity contribution in [2.45, 2.75) is 6.54 Å². The molecule has 2 aromatic carbocycles. The average molecular weight is 354 g/mol. The van der Waals surface area contributed by atoms with Gasteiger partial charge in [0.25, 0.3) is 5.91 Å². The van der Waals surface area contributed by atoms with Gasteiger partial charge in [0.2, 0.25) is 0 Å². The monoisotopic (exact) mass is 354 g/mol. The first kappa shape index (κ1) is 18.2. The van der Waals surface area contributed by atoms with Crippen molar-refractivity contribution in [3.8, 4) is 0 Å². The standard InChI is InChI=1S/C20H23FN4O/c21-19-8-4-7-18(13-19)14-22-23-20(26)16-25-11-9-24(10-12-25)15-17-5-2-1-3-6-17/h1-8,13-14H,9-12,15-16H2,(H,23,26)/b22-14-. The van der Waals surface area contributed by atoms with E-state index in [0.29, 0.717) is 12.1 Å². The van der Waals surface area contributed by atoms with Gasteiger partial charge in [0.15, 0.2) is 0 Å². The van der Waals surface area contributed by atoms with Crippen molar-refractivity contribution in [2.24, 2.45) is 5.10 Å². The van der Waals surface area contributed by atoms with E-state index in [1.165, 1.54) is 23.9 Å². The summed E-state index contributed by atoms with van der Waals surface area (Å²) in [6.07, 6.45) is 1.44. The first-order valence-corrected chi connectivity index (χ1v) is 8.75. The van der Waals surface area contributed by atoms with Crippen LogP contribution in [-0.2, 0) is 11.3 Å². The number of amides is 1. The minimum Gasteiger partial charge on any atom is -0.297 e. The van der Waals surface area contributed by atoms with Crippen LogP contribution in [0.15, 0.2) is 59.7 Å². The van der Waals surface area contributed by atoms with Crippen LogP contribution in [0.3, 0.4) is 0 Å². The largest absolute Gasteiger partial charge is 0.297 e. The van der Waals surface area contributed by atoms with E-state index >= 15 is 0 Å². The van der Waals surface area contributed by atoms with Crippen LogP contribution in [0.2, 0.25) is 0 Å². The summed E-state index contributed by atoms with van der Waals surface area (Å²) < 4.78 is 13.1. The van der Waals surface area contributed by atoms with Crippen LogP contribution in [-0.4, -0.2) is 54.6 Å². The zero-order chi connectivity index (χ0) is 18.2.